The van der Waals surface area contributed by atoms with E-state index in [1.165, 1.54) is 6.42 Å². The summed E-state index contributed by atoms with van der Waals surface area (Å²) in [7, 11) is 0. The maximum atomic E-state index is 11.8. The molecular weight excluding hydrogens is 290 g/mol. The zero-order chi connectivity index (χ0) is 14.8. The molecule has 1 rings (SSSR count). The fraction of sp³-hybridized carbons (Fsp3) is 0.867. The van der Waals surface area contributed by atoms with Crippen LogP contribution in [0.4, 0.5) is 0 Å². The molecule has 1 unspecified atom stereocenters. The van der Waals surface area contributed by atoms with Crippen LogP contribution < -0.4 is 10.6 Å². The van der Waals surface area contributed by atoms with Gasteiger partial charge >= 0.3 is 0 Å². The van der Waals surface area contributed by atoms with Crippen molar-refractivity contribution in [3.8, 4) is 0 Å². The molecule has 5 nitrogen and oxygen atoms in total. The second kappa shape index (κ2) is 11.8. The van der Waals surface area contributed by atoms with E-state index in [2.05, 4.69) is 10.6 Å². The third-order valence-electron chi connectivity index (χ3n) is 3.95. The number of nitrogens with one attached hydrogen (secondary N) is 2. The molecule has 2 N–H and O–H groups in total. The van der Waals surface area contributed by atoms with Gasteiger partial charge in [-0.1, -0.05) is 0 Å². The Kier molecular flexibility index (Phi) is 11.4. The summed E-state index contributed by atoms with van der Waals surface area (Å²) < 4.78 is 0. The Morgan fingerprint density at radius 2 is 1.95 bits per heavy atom. The second-order valence-corrected chi connectivity index (χ2v) is 5.42. The second-order valence-electron chi connectivity index (χ2n) is 5.42. The number of halogens is 1. The summed E-state index contributed by atoms with van der Waals surface area (Å²) in [6.45, 7) is 8.39. The van der Waals surface area contributed by atoms with Gasteiger partial charge in [0.25, 0.3) is 0 Å². The van der Waals surface area contributed by atoms with Crippen molar-refractivity contribution in [2.75, 3.05) is 32.7 Å². The Balaban J connectivity index is 0.00000400. The molecule has 0 bridgehead atoms. The molecule has 1 heterocycles. The summed E-state index contributed by atoms with van der Waals surface area (Å²) >= 11 is 0. The Morgan fingerprint density at radius 1 is 1.24 bits per heavy atom. The van der Waals surface area contributed by atoms with E-state index >= 15 is 0 Å². The number of hydrogen-bond donors (Lipinski definition) is 2. The van der Waals surface area contributed by atoms with Crippen molar-refractivity contribution in [3.05, 3.63) is 0 Å². The lowest BCUT2D eigenvalue weighted by Gasteiger charge is -2.18. The first-order valence-electron chi connectivity index (χ1n) is 7.92. The number of hydrogen-bond acceptors (Lipinski definition) is 3. The van der Waals surface area contributed by atoms with Crippen LogP contribution in [0.2, 0.25) is 0 Å². The Bertz CT molecular complexity index is 303. The van der Waals surface area contributed by atoms with Gasteiger partial charge < -0.3 is 15.5 Å². The van der Waals surface area contributed by atoms with Crippen LogP contribution in [-0.4, -0.2) is 49.4 Å². The predicted octanol–water partition coefficient (Wildman–Crippen LogP) is 1.56. The first-order chi connectivity index (χ1) is 9.67. The van der Waals surface area contributed by atoms with Crippen LogP contribution in [0.1, 0.15) is 46.0 Å². The molecule has 0 aromatic carbocycles. The van der Waals surface area contributed by atoms with E-state index in [9.17, 15) is 9.59 Å². The number of amides is 2. The third kappa shape index (κ3) is 8.27. The summed E-state index contributed by atoms with van der Waals surface area (Å²) in [5.74, 6) is 0.933. The summed E-state index contributed by atoms with van der Waals surface area (Å²) in [6, 6.07) is 0. The molecular formula is C15H30ClN3O2. The molecule has 0 saturated carbocycles. The first kappa shape index (κ1) is 20.2. The molecule has 1 saturated heterocycles. The highest BCUT2D eigenvalue weighted by Crippen LogP contribution is 2.10. The van der Waals surface area contributed by atoms with Gasteiger partial charge in [0.2, 0.25) is 11.8 Å². The van der Waals surface area contributed by atoms with Crippen molar-refractivity contribution >= 4 is 24.2 Å². The van der Waals surface area contributed by atoms with E-state index in [4.69, 9.17) is 0 Å². The van der Waals surface area contributed by atoms with Crippen molar-refractivity contribution in [2.24, 2.45) is 5.92 Å². The molecule has 1 aliphatic heterocycles. The van der Waals surface area contributed by atoms with E-state index in [-0.39, 0.29) is 24.2 Å². The van der Waals surface area contributed by atoms with Gasteiger partial charge in [0.1, 0.15) is 0 Å². The largest absolute Gasteiger partial charge is 0.356 e. The number of carbonyl (C=O) groups excluding carboxylic acids is 2. The molecule has 0 spiro atoms. The Morgan fingerprint density at radius 3 is 2.52 bits per heavy atom. The molecule has 1 aliphatic rings. The van der Waals surface area contributed by atoms with E-state index in [0.29, 0.717) is 25.2 Å². The van der Waals surface area contributed by atoms with Crippen molar-refractivity contribution < 1.29 is 9.59 Å². The van der Waals surface area contributed by atoms with Crippen molar-refractivity contribution in [2.45, 2.75) is 46.0 Å². The van der Waals surface area contributed by atoms with Crippen LogP contribution >= 0.6 is 12.4 Å². The number of carbonyl (C=O) groups is 2. The Labute approximate surface area is 134 Å². The molecule has 0 radical (unpaired) electrons. The fourth-order valence-electron chi connectivity index (χ4n) is 2.60. The van der Waals surface area contributed by atoms with Crippen LogP contribution in [0, 0.1) is 5.92 Å². The van der Waals surface area contributed by atoms with Gasteiger partial charge in [0, 0.05) is 32.5 Å². The van der Waals surface area contributed by atoms with Crippen molar-refractivity contribution in [3.63, 3.8) is 0 Å². The number of nitrogens with zero attached hydrogens (tertiary/aromatic N) is 1. The third-order valence-corrected chi connectivity index (χ3v) is 3.95. The van der Waals surface area contributed by atoms with E-state index < -0.39 is 0 Å². The van der Waals surface area contributed by atoms with E-state index in [0.717, 1.165) is 39.1 Å². The van der Waals surface area contributed by atoms with E-state index in [1.54, 1.807) is 0 Å². The van der Waals surface area contributed by atoms with Crippen molar-refractivity contribution in [1.29, 1.82) is 0 Å². The summed E-state index contributed by atoms with van der Waals surface area (Å²) in [4.78, 5) is 25.2. The number of rotatable bonds is 9. The average molecular weight is 320 g/mol. The normalized spacial score (nSPS) is 17.1. The topological polar surface area (TPSA) is 61.4 Å². The first-order valence-corrected chi connectivity index (χ1v) is 7.92. The lowest BCUT2D eigenvalue weighted by molar-refractivity contribution is -0.131. The van der Waals surface area contributed by atoms with Gasteiger partial charge in [-0.05, 0) is 52.1 Å². The highest BCUT2D eigenvalue weighted by molar-refractivity contribution is 5.85. The van der Waals surface area contributed by atoms with Crippen molar-refractivity contribution in [1.82, 2.24) is 15.5 Å². The van der Waals surface area contributed by atoms with Crippen LogP contribution in [0.15, 0.2) is 0 Å². The van der Waals surface area contributed by atoms with Crippen LogP contribution in [-0.2, 0) is 9.59 Å². The van der Waals surface area contributed by atoms with Crippen LogP contribution in [0.3, 0.4) is 0 Å². The van der Waals surface area contributed by atoms with Gasteiger partial charge in [-0.3, -0.25) is 9.59 Å². The molecule has 124 valence electrons. The lowest BCUT2D eigenvalue weighted by Crippen LogP contribution is -2.31. The molecule has 0 aromatic heterocycles. The fourth-order valence-corrected chi connectivity index (χ4v) is 2.60. The van der Waals surface area contributed by atoms with Gasteiger partial charge in [-0.15, -0.1) is 12.4 Å². The SMILES string of the molecule is CCN(CC)C(=O)CCCC(=O)NCCC1CCNC1.Cl. The minimum atomic E-state index is 0. The van der Waals surface area contributed by atoms with Gasteiger partial charge in [0.15, 0.2) is 0 Å². The van der Waals surface area contributed by atoms with Gasteiger partial charge in [0.05, 0.1) is 0 Å². The Hall–Kier alpha value is -0.810. The quantitative estimate of drug-likeness (QED) is 0.678. The molecule has 0 aliphatic carbocycles. The molecule has 1 atom stereocenters. The zero-order valence-corrected chi connectivity index (χ0v) is 14.1. The van der Waals surface area contributed by atoms with Crippen LogP contribution in [0.25, 0.3) is 0 Å². The summed E-state index contributed by atoms with van der Waals surface area (Å²) in [5.41, 5.74) is 0. The maximum absolute atomic E-state index is 11.8. The smallest absolute Gasteiger partial charge is 0.222 e. The summed E-state index contributed by atoms with van der Waals surface area (Å²) in [6.07, 6.45) is 3.84. The zero-order valence-electron chi connectivity index (χ0n) is 13.3. The minimum Gasteiger partial charge on any atom is -0.356 e. The highest BCUT2D eigenvalue weighted by Gasteiger charge is 2.14. The predicted molar refractivity (Wildman–Crippen MR) is 87.6 cm³/mol. The van der Waals surface area contributed by atoms with E-state index in [1.807, 2.05) is 18.7 Å². The van der Waals surface area contributed by atoms with Crippen LogP contribution in [0.5, 0.6) is 0 Å². The minimum absolute atomic E-state index is 0. The van der Waals surface area contributed by atoms with Gasteiger partial charge in [-0.25, -0.2) is 0 Å². The summed E-state index contributed by atoms with van der Waals surface area (Å²) in [5, 5.41) is 6.27. The molecule has 21 heavy (non-hydrogen) atoms. The standard InChI is InChI=1S/C15H29N3O2.ClH/c1-3-18(4-2)15(20)7-5-6-14(19)17-11-9-13-8-10-16-12-13;/h13,16H,3-12H2,1-2H3,(H,17,19);1H. The maximum Gasteiger partial charge on any atom is 0.222 e. The highest BCUT2D eigenvalue weighted by atomic mass is 35.5. The molecule has 0 aromatic rings. The molecule has 2 amide bonds. The molecule has 1 fully saturated rings. The lowest BCUT2D eigenvalue weighted by atomic mass is 10.1. The monoisotopic (exact) mass is 319 g/mol. The van der Waals surface area contributed by atoms with Gasteiger partial charge in [-0.2, -0.15) is 0 Å². The molecule has 6 heteroatoms. The average Bonchev–Trinajstić information content (AvgIpc) is 2.93.